The number of hydrogen-bond acceptors (Lipinski definition) is 4. The van der Waals surface area contributed by atoms with Gasteiger partial charge in [0.1, 0.15) is 5.82 Å². The number of unbranched alkanes of at least 4 members (excludes halogenated alkanes) is 2. The summed E-state index contributed by atoms with van der Waals surface area (Å²) in [6.45, 7) is 2.19. The topological polar surface area (TPSA) is 69.3 Å². The van der Waals surface area contributed by atoms with Gasteiger partial charge in [0.25, 0.3) is 0 Å². The summed E-state index contributed by atoms with van der Waals surface area (Å²) in [5.74, 6) is 1.48. The molecule has 0 fully saturated rings. The van der Waals surface area contributed by atoms with Crippen molar-refractivity contribution in [3.8, 4) is 0 Å². The molecule has 0 unspecified atom stereocenters. The number of furan rings is 1. The molecule has 0 aliphatic rings. The van der Waals surface area contributed by atoms with Gasteiger partial charge in [0, 0.05) is 10.9 Å². The Bertz CT molecular complexity index is 646. The van der Waals surface area contributed by atoms with Crippen molar-refractivity contribution < 1.29 is 4.42 Å². The second-order valence-corrected chi connectivity index (χ2v) is 5.56. The van der Waals surface area contributed by atoms with Crippen molar-refractivity contribution in [2.24, 2.45) is 0 Å². The summed E-state index contributed by atoms with van der Waals surface area (Å²) in [5, 5.41) is 4.38. The molecule has 0 amide bonds. The molecule has 0 saturated carbocycles. The van der Waals surface area contributed by atoms with E-state index < -0.39 is 0 Å². The number of aromatic nitrogens is 3. The van der Waals surface area contributed by atoms with Crippen molar-refractivity contribution in [1.82, 2.24) is 14.6 Å². The molecule has 0 radical (unpaired) electrons. The second-order valence-electron chi connectivity index (χ2n) is 4.65. The van der Waals surface area contributed by atoms with Crippen LogP contribution >= 0.6 is 15.9 Å². The molecular weight excluding hydrogens is 332 g/mol. The lowest BCUT2D eigenvalue weighted by molar-refractivity contribution is 0.567. The molecule has 0 bridgehead atoms. The van der Waals surface area contributed by atoms with Crippen molar-refractivity contribution in [3.63, 3.8) is 0 Å². The maximum Gasteiger partial charge on any atom is 0.159 e. The summed E-state index contributed by atoms with van der Waals surface area (Å²) in [6.07, 6.45) is 7.73. The number of aryl methyl sites for hydroxylation is 1. The van der Waals surface area contributed by atoms with Crippen LogP contribution in [-0.4, -0.2) is 14.6 Å². The van der Waals surface area contributed by atoms with Crippen LogP contribution in [0, 0.1) is 0 Å². The standard InChI is InChI=1S/C11H15BrN4.C4H4O/c1-2-3-4-5-10-14-11-7-8(12)6-9(13)16(11)15-10;1-2-4-5-3-1/h6-7H,2-5,13H2,1H3;1-4H. The van der Waals surface area contributed by atoms with Gasteiger partial charge in [0.15, 0.2) is 11.5 Å². The fourth-order valence-corrected chi connectivity index (χ4v) is 2.32. The number of hydrogen-bond donors (Lipinski definition) is 1. The van der Waals surface area contributed by atoms with Crippen molar-refractivity contribution in [2.45, 2.75) is 32.6 Å². The van der Waals surface area contributed by atoms with Gasteiger partial charge in [0.05, 0.1) is 12.5 Å². The number of nitrogen functional groups attached to an aromatic ring is 1. The number of anilines is 1. The molecule has 0 aliphatic heterocycles. The third-order valence-corrected chi connectivity index (χ3v) is 3.36. The number of nitrogens with zero attached hydrogens (tertiary/aromatic N) is 3. The lowest BCUT2D eigenvalue weighted by Gasteiger charge is -1.97. The van der Waals surface area contributed by atoms with Gasteiger partial charge in [-0.1, -0.05) is 35.7 Å². The van der Waals surface area contributed by atoms with Gasteiger partial charge in [-0.15, -0.1) is 5.10 Å². The molecule has 0 aliphatic carbocycles. The van der Waals surface area contributed by atoms with E-state index in [2.05, 4.69) is 37.4 Å². The highest BCUT2D eigenvalue weighted by molar-refractivity contribution is 9.10. The molecule has 21 heavy (non-hydrogen) atoms. The smallest absolute Gasteiger partial charge is 0.159 e. The lowest BCUT2D eigenvalue weighted by atomic mass is 10.2. The molecule has 5 nitrogen and oxygen atoms in total. The fraction of sp³-hybridized carbons (Fsp3) is 0.333. The Kier molecular flexibility index (Phi) is 5.80. The zero-order chi connectivity index (χ0) is 15.1. The van der Waals surface area contributed by atoms with Crippen molar-refractivity contribution >= 4 is 27.4 Å². The monoisotopic (exact) mass is 350 g/mol. The maximum absolute atomic E-state index is 5.86. The van der Waals surface area contributed by atoms with Crippen LogP contribution in [0.4, 0.5) is 5.82 Å². The molecule has 6 heteroatoms. The predicted molar refractivity (Wildman–Crippen MR) is 87.0 cm³/mol. The Morgan fingerprint density at radius 3 is 2.62 bits per heavy atom. The van der Waals surface area contributed by atoms with Gasteiger partial charge in [-0.05, 0) is 30.7 Å². The molecule has 2 N–H and O–H groups in total. The van der Waals surface area contributed by atoms with E-state index >= 15 is 0 Å². The third-order valence-electron chi connectivity index (χ3n) is 2.90. The Morgan fingerprint density at radius 2 is 2.00 bits per heavy atom. The summed E-state index contributed by atoms with van der Waals surface area (Å²) in [4.78, 5) is 4.45. The van der Waals surface area contributed by atoms with Crippen LogP contribution in [0.1, 0.15) is 32.0 Å². The SMILES string of the molecule is CCCCCc1nc2cc(Br)cc(N)n2n1.c1ccoc1. The zero-order valence-corrected chi connectivity index (χ0v) is 13.6. The number of halogens is 1. The van der Waals surface area contributed by atoms with Crippen LogP contribution < -0.4 is 5.73 Å². The minimum atomic E-state index is 0.610. The molecule has 3 rings (SSSR count). The van der Waals surface area contributed by atoms with Crippen molar-refractivity contribution in [3.05, 3.63) is 47.1 Å². The molecule has 3 aromatic rings. The highest BCUT2D eigenvalue weighted by Crippen LogP contribution is 2.17. The van der Waals surface area contributed by atoms with Gasteiger partial charge in [-0.25, -0.2) is 4.98 Å². The van der Waals surface area contributed by atoms with Gasteiger partial charge in [-0.2, -0.15) is 4.52 Å². The minimum Gasteiger partial charge on any atom is -0.473 e. The van der Waals surface area contributed by atoms with E-state index in [0.717, 1.165) is 28.8 Å². The molecule has 3 heterocycles. The van der Waals surface area contributed by atoms with E-state index in [4.69, 9.17) is 5.73 Å². The molecule has 0 atom stereocenters. The van der Waals surface area contributed by atoms with Crippen LogP contribution in [0.5, 0.6) is 0 Å². The van der Waals surface area contributed by atoms with E-state index in [1.807, 2.05) is 24.3 Å². The van der Waals surface area contributed by atoms with Crippen molar-refractivity contribution in [1.29, 1.82) is 0 Å². The van der Waals surface area contributed by atoms with Gasteiger partial charge < -0.3 is 10.2 Å². The van der Waals surface area contributed by atoms with Crippen LogP contribution in [0.25, 0.3) is 5.65 Å². The average Bonchev–Trinajstić information content (AvgIpc) is 3.10. The Balaban J connectivity index is 0.000000272. The first kappa shape index (κ1) is 15.6. The third kappa shape index (κ3) is 4.60. The van der Waals surface area contributed by atoms with Gasteiger partial charge in [0.2, 0.25) is 0 Å². The first-order valence-corrected chi connectivity index (χ1v) is 7.78. The normalized spacial score (nSPS) is 10.4. The lowest BCUT2D eigenvalue weighted by Crippen LogP contribution is -1.98. The quantitative estimate of drug-likeness (QED) is 0.719. The average molecular weight is 351 g/mol. The summed E-state index contributed by atoms with van der Waals surface area (Å²) < 4.78 is 7.21. The largest absolute Gasteiger partial charge is 0.473 e. The zero-order valence-electron chi connectivity index (χ0n) is 12.0. The molecule has 0 aromatic carbocycles. The molecule has 3 aromatic heterocycles. The Hall–Kier alpha value is -1.82. The highest BCUT2D eigenvalue weighted by Gasteiger charge is 2.06. The second kappa shape index (κ2) is 7.83. The van der Waals surface area contributed by atoms with Crippen molar-refractivity contribution in [2.75, 3.05) is 5.73 Å². The van der Waals surface area contributed by atoms with Gasteiger partial charge in [-0.3, -0.25) is 0 Å². The summed E-state index contributed by atoms with van der Waals surface area (Å²) >= 11 is 3.40. The first-order chi connectivity index (χ1) is 10.2. The van der Waals surface area contributed by atoms with Crippen LogP contribution in [0.15, 0.2) is 45.7 Å². The Labute approximate surface area is 132 Å². The van der Waals surface area contributed by atoms with Crippen LogP contribution in [-0.2, 0) is 6.42 Å². The molecular formula is C15H19BrN4O. The van der Waals surface area contributed by atoms with E-state index in [9.17, 15) is 0 Å². The fourth-order valence-electron chi connectivity index (χ4n) is 1.89. The van der Waals surface area contributed by atoms with E-state index in [0.29, 0.717) is 5.82 Å². The predicted octanol–water partition coefficient (Wildman–Crippen LogP) is 4.09. The summed E-state index contributed by atoms with van der Waals surface area (Å²) in [6, 6.07) is 7.42. The van der Waals surface area contributed by atoms with E-state index in [1.165, 1.54) is 12.8 Å². The van der Waals surface area contributed by atoms with Gasteiger partial charge >= 0.3 is 0 Å². The molecule has 112 valence electrons. The summed E-state index contributed by atoms with van der Waals surface area (Å²) in [5.41, 5.74) is 6.66. The van der Waals surface area contributed by atoms with Crippen LogP contribution in [0.3, 0.4) is 0 Å². The van der Waals surface area contributed by atoms with E-state index in [-0.39, 0.29) is 0 Å². The number of pyridine rings is 1. The Morgan fingerprint density at radius 1 is 1.24 bits per heavy atom. The number of nitrogens with two attached hydrogens (primary N) is 1. The van der Waals surface area contributed by atoms with Crippen LogP contribution in [0.2, 0.25) is 0 Å². The molecule has 0 spiro atoms. The number of rotatable bonds is 4. The molecule has 0 saturated heterocycles. The number of fused-ring (bicyclic) bond motifs is 1. The summed E-state index contributed by atoms with van der Waals surface area (Å²) in [7, 11) is 0. The maximum atomic E-state index is 5.86. The highest BCUT2D eigenvalue weighted by atomic mass is 79.9. The van der Waals surface area contributed by atoms with E-state index in [1.54, 1.807) is 17.0 Å². The minimum absolute atomic E-state index is 0.610. The first-order valence-electron chi connectivity index (χ1n) is 6.98.